The summed E-state index contributed by atoms with van der Waals surface area (Å²) in [4.78, 5) is 27.4. The number of halogens is 1. The van der Waals surface area contributed by atoms with Crippen molar-refractivity contribution in [1.82, 2.24) is 9.97 Å². The largest absolute Gasteiger partial charge is 0.325 e. The van der Waals surface area contributed by atoms with Gasteiger partial charge in [-0.15, -0.1) is 0 Å². The van der Waals surface area contributed by atoms with Crippen molar-refractivity contribution in [3.63, 3.8) is 0 Å². The SMILES string of the molecule is CC(=O)Nc1ccc(NS(=O)(=O)c2ccc3[nH]c(=O)[nH]c3c2)cc1Cl. The predicted molar refractivity (Wildman–Crippen MR) is 95.5 cm³/mol. The summed E-state index contributed by atoms with van der Waals surface area (Å²) in [5, 5.41) is 2.73. The van der Waals surface area contributed by atoms with Crippen LogP contribution in [0, 0.1) is 0 Å². The molecule has 130 valence electrons. The lowest BCUT2D eigenvalue weighted by molar-refractivity contribution is -0.114. The molecule has 0 aliphatic heterocycles. The summed E-state index contributed by atoms with van der Waals surface area (Å²) in [6, 6.07) is 8.58. The number of hydrogen-bond donors (Lipinski definition) is 4. The monoisotopic (exact) mass is 380 g/mol. The molecule has 1 heterocycles. The number of nitrogens with one attached hydrogen (secondary N) is 4. The molecular weight excluding hydrogens is 368 g/mol. The highest BCUT2D eigenvalue weighted by atomic mass is 35.5. The van der Waals surface area contributed by atoms with Gasteiger partial charge in [0.15, 0.2) is 0 Å². The van der Waals surface area contributed by atoms with Crippen LogP contribution in [0.3, 0.4) is 0 Å². The fraction of sp³-hybridized carbons (Fsp3) is 0.0667. The van der Waals surface area contributed by atoms with E-state index in [1.54, 1.807) is 0 Å². The Hall–Kier alpha value is -2.78. The number of aromatic nitrogens is 2. The number of benzene rings is 2. The van der Waals surface area contributed by atoms with E-state index in [0.717, 1.165) is 0 Å². The standard InChI is InChI=1S/C15H13ClN4O4S/c1-8(21)17-12-4-2-9(6-11(12)16)20-25(23,24)10-3-5-13-14(7-10)19-15(22)18-13/h2-7,20H,1H3,(H,17,21)(H2,18,19,22). The van der Waals surface area contributed by atoms with Gasteiger partial charge in [0.25, 0.3) is 10.0 Å². The first-order chi connectivity index (χ1) is 11.7. The van der Waals surface area contributed by atoms with Gasteiger partial charge in [-0.1, -0.05) is 11.6 Å². The molecule has 0 atom stereocenters. The maximum absolute atomic E-state index is 12.5. The summed E-state index contributed by atoms with van der Waals surface area (Å²) in [6.45, 7) is 1.34. The number of carbonyl (C=O) groups excluding carboxylic acids is 1. The lowest BCUT2D eigenvalue weighted by Crippen LogP contribution is -2.13. The van der Waals surface area contributed by atoms with E-state index >= 15 is 0 Å². The third-order valence-corrected chi connectivity index (χ3v) is 5.02. The molecule has 0 aliphatic carbocycles. The summed E-state index contributed by atoms with van der Waals surface area (Å²) < 4.78 is 27.4. The molecule has 10 heteroatoms. The summed E-state index contributed by atoms with van der Waals surface area (Å²) in [7, 11) is -3.88. The minimum atomic E-state index is -3.88. The fourth-order valence-electron chi connectivity index (χ4n) is 2.26. The van der Waals surface area contributed by atoms with Gasteiger partial charge in [0.05, 0.1) is 32.3 Å². The Kier molecular flexibility index (Phi) is 4.27. The smallest absolute Gasteiger partial charge is 0.323 e. The Morgan fingerprint density at radius 1 is 1.08 bits per heavy atom. The number of hydrogen-bond acceptors (Lipinski definition) is 4. The number of imidazole rings is 1. The van der Waals surface area contributed by atoms with Crippen LogP contribution in [-0.4, -0.2) is 24.3 Å². The molecular formula is C15H13ClN4O4S. The van der Waals surface area contributed by atoms with Gasteiger partial charge < -0.3 is 15.3 Å². The average molecular weight is 381 g/mol. The number of anilines is 2. The number of H-pyrrole nitrogens is 2. The van der Waals surface area contributed by atoms with Crippen molar-refractivity contribution in [2.75, 3.05) is 10.0 Å². The lowest BCUT2D eigenvalue weighted by Gasteiger charge is -2.10. The zero-order valence-corrected chi connectivity index (χ0v) is 14.5. The summed E-state index contributed by atoms with van der Waals surface area (Å²) in [5.74, 6) is -0.288. The first kappa shape index (κ1) is 17.1. The van der Waals surface area contributed by atoms with E-state index in [0.29, 0.717) is 16.7 Å². The van der Waals surface area contributed by atoms with Crippen molar-refractivity contribution < 1.29 is 13.2 Å². The average Bonchev–Trinajstić information content (AvgIpc) is 2.88. The number of sulfonamides is 1. The Morgan fingerprint density at radius 3 is 2.48 bits per heavy atom. The normalized spacial score (nSPS) is 11.4. The van der Waals surface area contributed by atoms with Gasteiger partial charge in [-0.2, -0.15) is 0 Å². The highest BCUT2D eigenvalue weighted by molar-refractivity contribution is 7.92. The van der Waals surface area contributed by atoms with E-state index in [9.17, 15) is 18.0 Å². The third-order valence-electron chi connectivity index (χ3n) is 3.33. The Bertz CT molecular complexity index is 1130. The maximum atomic E-state index is 12.5. The molecule has 0 aliphatic rings. The van der Waals surface area contributed by atoms with Gasteiger partial charge in [-0.25, -0.2) is 13.2 Å². The molecule has 0 bridgehead atoms. The molecule has 0 fully saturated rings. The number of fused-ring (bicyclic) bond motifs is 1. The van der Waals surface area contributed by atoms with Crippen LogP contribution >= 0.6 is 11.6 Å². The summed E-state index contributed by atoms with van der Waals surface area (Å²) in [5.41, 5.74) is 1.08. The highest BCUT2D eigenvalue weighted by Gasteiger charge is 2.16. The quantitative estimate of drug-likeness (QED) is 0.554. The molecule has 4 N–H and O–H groups in total. The molecule has 0 radical (unpaired) electrons. The van der Waals surface area contributed by atoms with Crippen LogP contribution in [0.2, 0.25) is 5.02 Å². The van der Waals surface area contributed by atoms with Crippen LogP contribution in [0.15, 0.2) is 46.1 Å². The summed E-state index contributed by atoms with van der Waals surface area (Å²) in [6.07, 6.45) is 0. The van der Waals surface area contributed by atoms with Gasteiger partial charge in [0, 0.05) is 6.92 Å². The van der Waals surface area contributed by atoms with Gasteiger partial charge in [0.1, 0.15) is 0 Å². The Labute approximate surface area is 147 Å². The molecule has 3 rings (SSSR count). The zero-order chi connectivity index (χ0) is 18.2. The Balaban J connectivity index is 1.90. The molecule has 3 aromatic rings. The van der Waals surface area contributed by atoms with Crippen LogP contribution in [0.4, 0.5) is 11.4 Å². The van der Waals surface area contributed by atoms with Crippen LogP contribution in [0.5, 0.6) is 0 Å². The van der Waals surface area contributed by atoms with Crippen molar-refractivity contribution >= 4 is 49.9 Å². The first-order valence-corrected chi connectivity index (χ1v) is 8.93. The third kappa shape index (κ3) is 3.67. The maximum Gasteiger partial charge on any atom is 0.323 e. The van der Waals surface area contributed by atoms with Crippen LogP contribution in [0.1, 0.15) is 6.92 Å². The molecule has 2 aromatic carbocycles. The number of carbonyl (C=O) groups is 1. The minimum absolute atomic E-state index is 0.0164. The van der Waals surface area contributed by atoms with Gasteiger partial charge in [-0.3, -0.25) is 9.52 Å². The molecule has 1 amide bonds. The van der Waals surface area contributed by atoms with E-state index in [2.05, 4.69) is 20.0 Å². The second kappa shape index (κ2) is 6.26. The van der Waals surface area contributed by atoms with Gasteiger partial charge >= 0.3 is 5.69 Å². The molecule has 1 aromatic heterocycles. The van der Waals surface area contributed by atoms with Gasteiger partial charge in [-0.05, 0) is 36.4 Å². The van der Waals surface area contributed by atoms with Crippen molar-refractivity contribution in [3.8, 4) is 0 Å². The molecule has 0 spiro atoms. The molecule has 0 saturated carbocycles. The molecule has 25 heavy (non-hydrogen) atoms. The fourth-order valence-corrected chi connectivity index (χ4v) is 3.57. The van der Waals surface area contributed by atoms with E-state index in [1.165, 1.54) is 43.3 Å². The number of rotatable bonds is 4. The molecule has 8 nitrogen and oxygen atoms in total. The Morgan fingerprint density at radius 2 is 1.80 bits per heavy atom. The van der Waals surface area contributed by atoms with Crippen LogP contribution in [-0.2, 0) is 14.8 Å². The van der Waals surface area contributed by atoms with E-state index in [1.807, 2.05) is 0 Å². The topological polar surface area (TPSA) is 124 Å². The van der Waals surface area contributed by atoms with Crippen molar-refractivity contribution in [1.29, 1.82) is 0 Å². The lowest BCUT2D eigenvalue weighted by atomic mass is 10.3. The minimum Gasteiger partial charge on any atom is -0.325 e. The second-order valence-electron chi connectivity index (χ2n) is 5.27. The highest BCUT2D eigenvalue weighted by Crippen LogP contribution is 2.27. The molecule has 0 unspecified atom stereocenters. The van der Waals surface area contributed by atoms with Gasteiger partial charge in [0.2, 0.25) is 5.91 Å². The second-order valence-corrected chi connectivity index (χ2v) is 7.36. The summed E-state index contributed by atoms with van der Waals surface area (Å²) >= 11 is 6.04. The van der Waals surface area contributed by atoms with Crippen LogP contribution < -0.4 is 15.7 Å². The van der Waals surface area contributed by atoms with Crippen LogP contribution in [0.25, 0.3) is 11.0 Å². The first-order valence-electron chi connectivity index (χ1n) is 7.06. The number of amides is 1. The zero-order valence-electron chi connectivity index (χ0n) is 12.9. The molecule has 0 saturated heterocycles. The van der Waals surface area contributed by atoms with Crippen molar-refractivity contribution in [2.45, 2.75) is 11.8 Å². The van der Waals surface area contributed by atoms with Crippen molar-refractivity contribution in [3.05, 3.63) is 51.9 Å². The predicted octanol–water partition coefficient (Wildman–Crippen LogP) is 2.27. The van der Waals surface area contributed by atoms with E-state index < -0.39 is 15.7 Å². The van der Waals surface area contributed by atoms with Crippen molar-refractivity contribution in [2.24, 2.45) is 0 Å². The van der Waals surface area contributed by atoms with E-state index in [4.69, 9.17) is 11.6 Å². The van der Waals surface area contributed by atoms with E-state index in [-0.39, 0.29) is 21.5 Å². The number of aromatic amines is 2.